The highest BCUT2D eigenvalue weighted by Gasteiger charge is 2.44. The van der Waals surface area contributed by atoms with Crippen molar-refractivity contribution in [2.75, 3.05) is 4.90 Å². The Morgan fingerprint density at radius 1 is 1.24 bits per heavy atom. The van der Waals surface area contributed by atoms with Crippen LogP contribution in [0, 0.1) is 0 Å². The van der Waals surface area contributed by atoms with E-state index in [4.69, 9.17) is 0 Å². The fraction of sp³-hybridized carbons (Fsp3) is 0.312. The largest absolute Gasteiger partial charge is 0.340 e. The summed E-state index contributed by atoms with van der Waals surface area (Å²) >= 11 is 0. The van der Waals surface area contributed by atoms with E-state index in [9.17, 15) is 9.59 Å². The normalized spacial score (nSPS) is 21.5. The number of benzene rings is 1. The molecule has 0 bridgehead atoms. The first kappa shape index (κ1) is 13.5. The van der Waals surface area contributed by atoms with Gasteiger partial charge in [-0.25, -0.2) is 0 Å². The summed E-state index contributed by atoms with van der Waals surface area (Å²) in [5.41, 5.74) is 0.686. The van der Waals surface area contributed by atoms with Crippen molar-refractivity contribution in [2.45, 2.75) is 32.4 Å². The van der Waals surface area contributed by atoms with Gasteiger partial charge in [-0.15, -0.1) is 0 Å². The molecule has 2 aromatic rings. The third-order valence-corrected chi connectivity index (χ3v) is 3.82. The Morgan fingerprint density at radius 3 is 2.76 bits per heavy atom. The Morgan fingerprint density at radius 2 is 2.00 bits per heavy atom. The van der Waals surface area contributed by atoms with Crippen LogP contribution in [0.5, 0.6) is 0 Å². The van der Waals surface area contributed by atoms with Gasteiger partial charge in [0.05, 0.1) is 5.52 Å². The molecular formula is C16H17N3O2. The van der Waals surface area contributed by atoms with E-state index >= 15 is 0 Å². The summed E-state index contributed by atoms with van der Waals surface area (Å²) in [7, 11) is 0. The molecule has 108 valence electrons. The first-order chi connectivity index (χ1) is 9.90. The highest BCUT2D eigenvalue weighted by molar-refractivity contribution is 6.10. The molecule has 1 fully saturated rings. The second kappa shape index (κ2) is 4.55. The average molecular weight is 283 g/mol. The molecule has 1 saturated heterocycles. The third-order valence-electron chi connectivity index (χ3n) is 3.82. The van der Waals surface area contributed by atoms with Crippen LogP contribution in [0.25, 0.3) is 10.9 Å². The summed E-state index contributed by atoms with van der Waals surface area (Å²) in [6, 6.07) is 8.86. The number of aromatic nitrogens is 1. The molecule has 1 aliphatic rings. The molecule has 1 atom stereocenters. The predicted octanol–water partition coefficient (Wildman–Crippen LogP) is 1.86. The molecule has 5 nitrogen and oxygen atoms in total. The lowest BCUT2D eigenvalue weighted by Crippen LogP contribution is -2.67. The van der Waals surface area contributed by atoms with E-state index in [2.05, 4.69) is 10.3 Å². The fourth-order valence-electron chi connectivity index (χ4n) is 2.61. The molecule has 1 aromatic carbocycles. The van der Waals surface area contributed by atoms with Crippen molar-refractivity contribution < 1.29 is 9.59 Å². The maximum atomic E-state index is 12.6. The highest BCUT2D eigenvalue weighted by Crippen LogP contribution is 2.27. The van der Waals surface area contributed by atoms with E-state index in [0.717, 1.165) is 16.6 Å². The maximum Gasteiger partial charge on any atom is 0.252 e. The Hall–Kier alpha value is -2.43. The van der Waals surface area contributed by atoms with Crippen molar-refractivity contribution in [2.24, 2.45) is 0 Å². The van der Waals surface area contributed by atoms with Crippen LogP contribution in [-0.2, 0) is 9.59 Å². The van der Waals surface area contributed by atoms with E-state index in [0.29, 0.717) is 0 Å². The quantitative estimate of drug-likeness (QED) is 0.869. The summed E-state index contributed by atoms with van der Waals surface area (Å²) < 4.78 is 0. The molecule has 0 aliphatic carbocycles. The molecule has 0 spiro atoms. The minimum atomic E-state index is -0.895. The van der Waals surface area contributed by atoms with Crippen molar-refractivity contribution >= 4 is 28.4 Å². The van der Waals surface area contributed by atoms with Gasteiger partial charge in [-0.05, 0) is 45.0 Å². The van der Waals surface area contributed by atoms with Crippen molar-refractivity contribution in [3.05, 3.63) is 36.5 Å². The first-order valence-electron chi connectivity index (χ1n) is 6.90. The number of pyridine rings is 1. The Kier molecular flexibility index (Phi) is 2.93. The number of rotatable bonds is 1. The molecule has 2 amide bonds. The van der Waals surface area contributed by atoms with E-state index in [-0.39, 0.29) is 11.8 Å². The minimum Gasteiger partial charge on any atom is -0.340 e. The lowest BCUT2D eigenvalue weighted by Gasteiger charge is -2.41. The Labute approximate surface area is 123 Å². The lowest BCUT2D eigenvalue weighted by molar-refractivity contribution is -0.136. The van der Waals surface area contributed by atoms with E-state index in [1.54, 1.807) is 31.9 Å². The number of anilines is 1. The summed E-state index contributed by atoms with van der Waals surface area (Å²) in [5, 5.41) is 3.69. The molecule has 1 aromatic heterocycles. The average Bonchev–Trinajstić information content (AvgIpc) is 2.45. The molecule has 3 rings (SSSR count). The predicted molar refractivity (Wildman–Crippen MR) is 80.9 cm³/mol. The van der Waals surface area contributed by atoms with Gasteiger partial charge in [0.25, 0.3) is 5.91 Å². The van der Waals surface area contributed by atoms with Crippen LogP contribution in [0.1, 0.15) is 20.8 Å². The molecule has 1 N–H and O–H groups in total. The van der Waals surface area contributed by atoms with E-state index in [1.807, 2.05) is 30.3 Å². The molecule has 2 heterocycles. The number of nitrogens with zero attached hydrogens (tertiary/aromatic N) is 2. The van der Waals surface area contributed by atoms with Crippen molar-refractivity contribution in [3.8, 4) is 0 Å². The van der Waals surface area contributed by atoms with Gasteiger partial charge in [0, 0.05) is 17.3 Å². The highest BCUT2D eigenvalue weighted by atomic mass is 16.2. The second-order valence-corrected chi connectivity index (χ2v) is 5.85. The Balaban J connectivity index is 2.10. The number of piperazine rings is 1. The zero-order chi connectivity index (χ0) is 15.2. The van der Waals surface area contributed by atoms with Gasteiger partial charge in [0.1, 0.15) is 11.6 Å². The number of amides is 2. The first-order valence-corrected chi connectivity index (χ1v) is 6.90. The van der Waals surface area contributed by atoms with Gasteiger partial charge in [-0.2, -0.15) is 0 Å². The molecule has 1 aliphatic heterocycles. The summed E-state index contributed by atoms with van der Waals surface area (Å²) in [4.78, 5) is 30.5. The number of hydrogen-bond acceptors (Lipinski definition) is 3. The zero-order valence-electron chi connectivity index (χ0n) is 12.3. The molecule has 21 heavy (non-hydrogen) atoms. The standard InChI is InChI=1S/C16H17N3O2/c1-10-14(20)18-16(2,3)15(21)19(10)12-6-7-13-11(9-12)5-4-8-17-13/h4-10H,1-3H3,(H,18,20). The van der Waals surface area contributed by atoms with Gasteiger partial charge >= 0.3 is 0 Å². The van der Waals surface area contributed by atoms with Crippen molar-refractivity contribution in [1.82, 2.24) is 10.3 Å². The number of carbonyl (C=O) groups is 2. The van der Waals surface area contributed by atoms with Crippen molar-refractivity contribution in [3.63, 3.8) is 0 Å². The second-order valence-electron chi connectivity index (χ2n) is 5.85. The molecular weight excluding hydrogens is 266 g/mol. The van der Waals surface area contributed by atoms with Gasteiger partial charge in [0.2, 0.25) is 5.91 Å². The van der Waals surface area contributed by atoms with Crippen LogP contribution in [0.15, 0.2) is 36.5 Å². The van der Waals surface area contributed by atoms with Crippen LogP contribution < -0.4 is 10.2 Å². The number of carbonyl (C=O) groups excluding carboxylic acids is 2. The summed E-state index contributed by atoms with van der Waals surface area (Å²) in [6.45, 7) is 5.17. The topological polar surface area (TPSA) is 62.3 Å². The number of nitrogens with one attached hydrogen (secondary N) is 1. The van der Waals surface area contributed by atoms with Gasteiger partial charge in [0.15, 0.2) is 0 Å². The monoisotopic (exact) mass is 283 g/mol. The van der Waals surface area contributed by atoms with Crippen LogP contribution in [0.3, 0.4) is 0 Å². The summed E-state index contributed by atoms with van der Waals surface area (Å²) in [5.74, 6) is -0.260. The fourth-order valence-corrected chi connectivity index (χ4v) is 2.61. The van der Waals surface area contributed by atoms with E-state index < -0.39 is 11.6 Å². The van der Waals surface area contributed by atoms with Crippen LogP contribution in [0.4, 0.5) is 5.69 Å². The minimum absolute atomic E-state index is 0.113. The van der Waals surface area contributed by atoms with Gasteiger partial charge < -0.3 is 5.32 Å². The van der Waals surface area contributed by atoms with Crippen LogP contribution in [-0.4, -0.2) is 28.4 Å². The smallest absolute Gasteiger partial charge is 0.252 e. The van der Waals surface area contributed by atoms with E-state index in [1.165, 1.54) is 0 Å². The summed E-state index contributed by atoms with van der Waals surface area (Å²) in [6.07, 6.45) is 1.73. The molecule has 5 heteroatoms. The van der Waals surface area contributed by atoms with Crippen LogP contribution in [0.2, 0.25) is 0 Å². The maximum absolute atomic E-state index is 12.6. The van der Waals surface area contributed by atoms with Gasteiger partial charge in [-0.3, -0.25) is 19.5 Å². The Bertz CT molecular complexity index is 739. The third kappa shape index (κ3) is 2.14. The van der Waals surface area contributed by atoms with Gasteiger partial charge in [-0.1, -0.05) is 6.07 Å². The lowest BCUT2D eigenvalue weighted by atomic mass is 9.96. The SMILES string of the molecule is CC1C(=O)NC(C)(C)C(=O)N1c1ccc2ncccc2c1. The van der Waals surface area contributed by atoms with Crippen LogP contribution >= 0.6 is 0 Å². The molecule has 1 unspecified atom stereocenters. The number of fused-ring (bicyclic) bond motifs is 1. The zero-order valence-corrected chi connectivity index (χ0v) is 12.3. The van der Waals surface area contributed by atoms with Crippen molar-refractivity contribution in [1.29, 1.82) is 0 Å². The molecule has 0 saturated carbocycles. The number of hydrogen-bond donors (Lipinski definition) is 1. The molecule has 0 radical (unpaired) electrons.